The minimum Gasteiger partial charge on any atom is -0.486 e. The lowest BCUT2D eigenvalue weighted by Gasteiger charge is -2.23. The van der Waals surface area contributed by atoms with Gasteiger partial charge in [0.25, 0.3) is 5.91 Å². The highest BCUT2D eigenvalue weighted by molar-refractivity contribution is 6.06. The van der Waals surface area contributed by atoms with Crippen molar-refractivity contribution in [2.75, 3.05) is 31.6 Å². The van der Waals surface area contributed by atoms with Gasteiger partial charge in [-0.3, -0.25) is 4.79 Å². The Balaban J connectivity index is 1.53. The first-order valence-corrected chi connectivity index (χ1v) is 8.82. The molecule has 0 aromatic heterocycles. The van der Waals surface area contributed by atoms with Crippen molar-refractivity contribution >= 4 is 11.6 Å². The van der Waals surface area contributed by atoms with Crippen LogP contribution in [0.4, 0.5) is 5.69 Å². The Bertz CT molecular complexity index is 769. The zero-order valence-corrected chi connectivity index (χ0v) is 14.1. The van der Waals surface area contributed by atoms with Gasteiger partial charge in [-0.15, -0.1) is 0 Å². The lowest BCUT2D eigenvalue weighted by Crippen LogP contribution is -2.26. The number of carbonyl (C=O) groups is 1. The number of ether oxygens (including phenoxy) is 2. The summed E-state index contributed by atoms with van der Waals surface area (Å²) in [5, 5.41) is 6.38. The van der Waals surface area contributed by atoms with Gasteiger partial charge in [-0.05, 0) is 61.7 Å². The molecule has 0 unspecified atom stereocenters. The lowest BCUT2D eigenvalue weighted by atomic mass is 9.90. The quantitative estimate of drug-likeness (QED) is 0.902. The first kappa shape index (κ1) is 16.0. The van der Waals surface area contributed by atoms with E-state index >= 15 is 0 Å². The van der Waals surface area contributed by atoms with Crippen LogP contribution in [-0.2, 0) is 0 Å². The molecule has 0 aliphatic carbocycles. The predicted octanol–water partition coefficient (Wildman–Crippen LogP) is 3.18. The number of amides is 1. The monoisotopic (exact) mass is 338 g/mol. The number of carbonyl (C=O) groups excluding carboxylic acids is 1. The Morgan fingerprint density at radius 2 is 1.84 bits per heavy atom. The molecule has 0 spiro atoms. The van der Waals surface area contributed by atoms with Crippen LogP contribution >= 0.6 is 0 Å². The standard InChI is InChI=1S/C20H22N2O3/c23-20(17-5-2-6-18-19(17)25-12-11-24-18)22-16-4-1-3-15(13-16)14-7-9-21-10-8-14/h1-6,13-14,21H,7-12H2,(H,22,23). The van der Waals surface area contributed by atoms with E-state index in [4.69, 9.17) is 9.47 Å². The number of hydrogen-bond donors (Lipinski definition) is 2. The highest BCUT2D eigenvalue weighted by Gasteiger charge is 2.21. The number of rotatable bonds is 3. The van der Waals surface area contributed by atoms with E-state index in [1.807, 2.05) is 24.3 Å². The minimum absolute atomic E-state index is 0.176. The molecule has 4 rings (SSSR count). The summed E-state index contributed by atoms with van der Waals surface area (Å²) >= 11 is 0. The molecule has 2 aromatic carbocycles. The number of piperidine rings is 1. The molecule has 0 atom stereocenters. The Hall–Kier alpha value is -2.53. The highest BCUT2D eigenvalue weighted by atomic mass is 16.6. The maximum absolute atomic E-state index is 12.7. The van der Waals surface area contributed by atoms with Crippen LogP contribution in [0.3, 0.4) is 0 Å². The van der Waals surface area contributed by atoms with Crippen molar-refractivity contribution in [1.82, 2.24) is 5.32 Å². The van der Waals surface area contributed by atoms with Crippen molar-refractivity contribution in [3.05, 3.63) is 53.6 Å². The second-order valence-electron chi connectivity index (χ2n) is 6.43. The third-order valence-corrected chi connectivity index (χ3v) is 4.77. The van der Waals surface area contributed by atoms with Gasteiger partial charge in [0, 0.05) is 5.69 Å². The first-order valence-electron chi connectivity index (χ1n) is 8.82. The molecule has 0 radical (unpaired) electrons. The molecule has 2 aromatic rings. The second kappa shape index (κ2) is 7.15. The van der Waals surface area contributed by atoms with Gasteiger partial charge < -0.3 is 20.1 Å². The average molecular weight is 338 g/mol. The summed E-state index contributed by atoms with van der Waals surface area (Å²) in [6.07, 6.45) is 2.27. The van der Waals surface area contributed by atoms with Crippen LogP contribution in [0, 0.1) is 0 Å². The minimum atomic E-state index is -0.176. The van der Waals surface area contributed by atoms with Gasteiger partial charge in [0.2, 0.25) is 0 Å². The van der Waals surface area contributed by atoms with E-state index < -0.39 is 0 Å². The van der Waals surface area contributed by atoms with Crippen molar-refractivity contribution in [3.8, 4) is 11.5 Å². The molecule has 2 aliphatic heterocycles. The number of para-hydroxylation sites is 1. The summed E-state index contributed by atoms with van der Waals surface area (Å²) in [6.45, 7) is 3.07. The highest BCUT2D eigenvalue weighted by Crippen LogP contribution is 2.34. The molecule has 5 heteroatoms. The van der Waals surface area contributed by atoms with Crippen LogP contribution in [0.15, 0.2) is 42.5 Å². The summed E-state index contributed by atoms with van der Waals surface area (Å²) in [6, 6.07) is 13.6. The van der Waals surface area contributed by atoms with Crippen molar-refractivity contribution in [2.45, 2.75) is 18.8 Å². The SMILES string of the molecule is O=C(Nc1cccc(C2CCNCC2)c1)c1cccc2c1OCCO2. The maximum Gasteiger partial charge on any atom is 0.259 e. The largest absolute Gasteiger partial charge is 0.486 e. The van der Waals surface area contributed by atoms with Gasteiger partial charge in [0.05, 0.1) is 5.56 Å². The first-order chi connectivity index (χ1) is 12.3. The number of anilines is 1. The normalized spacial score (nSPS) is 17.1. The second-order valence-corrected chi connectivity index (χ2v) is 6.43. The van der Waals surface area contributed by atoms with Crippen LogP contribution in [-0.4, -0.2) is 32.2 Å². The van der Waals surface area contributed by atoms with Crippen LogP contribution in [0.5, 0.6) is 11.5 Å². The van der Waals surface area contributed by atoms with Gasteiger partial charge in [-0.1, -0.05) is 18.2 Å². The van der Waals surface area contributed by atoms with Gasteiger partial charge in [-0.25, -0.2) is 0 Å². The molecule has 25 heavy (non-hydrogen) atoms. The van der Waals surface area contributed by atoms with Crippen LogP contribution in [0.25, 0.3) is 0 Å². The molecule has 2 aliphatic rings. The smallest absolute Gasteiger partial charge is 0.259 e. The molecule has 2 N–H and O–H groups in total. The fourth-order valence-corrected chi connectivity index (χ4v) is 3.48. The Kier molecular flexibility index (Phi) is 4.57. The van der Waals surface area contributed by atoms with Crippen LogP contribution in [0.2, 0.25) is 0 Å². The van der Waals surface area contributed by atoms with E-state index in [9.17, 15) is 4.79 Å². The molecule has 5 nitrogen and oxygen atoms in total. The number of fused-ring (bicyclic) bond motifs is 1. The summed E-state index contributed by atoms with van der Waals surface area (Å²) in [4.78, 5) is 12.7. The zero-order chi connectivity index (χ0) is 17.1. The summed E-state index contributed by atoms with van der Waals surface area (Å²) in [7, 11) is 0. The molecule has 130 valence electrons. The lowest BCUT2D eigenvalue weighted by molar-refractivity contribution is 0.101. The van der Waals surface area contributed by atoms with Crippen molar-refractivity contribution in [2.24, 2.45) is 0 Å². The fraction of sp³-hybridized carbons (Fsp3) is 0.350. The van der Waals surface area contributed by atoms with E-state index in [1.165, 1.54) is 5.56 Å². The van der Waals surface area contributed by atoms with E-state index in [0.717, 1.165) is 31.6 Å². The molecule has 1 saturated heterocycles. The van der Waals surface area contributed by atoms with Gasteiger partial charge >= 0.3 is 0 Å². The zero-order valence-electron chi connectivity index (χ0n) is 14.1. The van der Waals surface area contributed by atoms with Gasteiger partial charge in [-0.2, -0.15) is 0 Å². The Labute approximate surface area is 147 Å². The topological polar surface area (TPSA) is 59.6 Å². The molecular formula is C20H22N2O3. The average Bonchev–Trinajstić information content (AvgIpc) is 2.68. The number of hydrogen-bond acceptors (Lipinski definition) is 4. The molecule has 2 heterocycles. The Morgan fingerprint density at radius 1 is 1.04 bits per heavy atom. The van der Waals surface area contributed by atoms with Gasteiger partial charge in [0.15, 0.2) is 11.5 Å². The number of nitrogens with one attached hydrogen (secondary N) is 2. The summed E-state index contributed by atoms with van der Waals surface area (Å²) in [5.74, 6) is 1.53. The van der Waals surface area contributed by atoms with Crippen molar-refractivity contribution in [1.29, 1.82) is 0 Å². The predicted molar refractivity (Wildman–Crippen MR) is 96.7 cm³/mol. The van der Waals surface area contributed by atoms with Crippen molar-refractivity contribution < 1.29 is 14.3 Å². The van der Waals surface area contributed by atoms with E-state index in [2.05, 4.69) is 22.8 Å². The fourth-order valence-electron chi connectivity index (χ4n) is 3.48. The Morgan fingerprint density at radius 3 is 2.72 bits per heavy atom. The number of benzene rings is 2. The molecule has 0 bridgehead atoms. The molecular weight excluding hydrogens is 316 g/mol. The van der Waals surface area contributed by atoms with E-state index in [1.54, 1.807) is 6.07 Å². The molecule has 1 amide bonds. The van der Waals surface area contributed by atoms with Crippen LogP contribution in [0.1, 0.15) is 34.7 Å². The molecule has 1 fully saturated rings. The summed E-state index contributed by atoms with van der Waals surface area (Å²) < 4.78 is 11.2. The van der Waals surface area contributed by atoms with Crippen molar-refractivity contribution in [3.63, 3.8) is 0 Å². The summed E-state index contributed by atoms with van der Waals surface area (Å²) in [5.41, 5.74) is 2.61. The van der Waals surface area contributed by atoms with E-state index in [-0.39, 0.29) is 5.91 Å². The third kappa shape index (κ3) is 3.46. The van der Waals surface area contributed by atoms with E-state index in [0.29, 0.717) is 36.2 Å². The third-order valence-electron chi connectivity index (χ3n) is 4.77. The van der Waals surface area contributed by atoms with Gasteiger partial charge in [0.1, 0.15) is 13.2 Å². The molecule has 0 saturated carbocycles. The van der Waals surface area contributed by atoms with Crippen LogP contribution < -0.4 is 20.1 Å². The maximum atomic E-state index is 12.7.